The molecule has 4 aliphatic carbocycles. The first kappa shape index (κ1) is 15.4. The Hall–Kier alpha value is -2.08. The van der Waals surface area contributed by atoms with Crippen LogP contribution in [0.4, 0.5) is 0 Å². The number of benzene rings is 1. The molecular formula is C21H23NO2. The number of ether oxygens (including phenoxy) is 1. The summed E-state index contributed by atoms with van der Waals surface area (Å²) in [5.74, 6) is 0.729. The van der Waals surface area contributed by atoms with Crippen LogP contribution < -0.4 is 0 Å². The Morgan fingerprint density at radius 1 is 1.29 bits per heavy atom. The molecule has 3 heteroatoms. The van der Waals surface area contributed by atoms with Crippen LogP contribution in [0.5, 0.6) is 0 Å². The highest BCUT2D eigenvalue weighted by Crippen LogP contribution is 2.50. The van der Waals surface area contributed by atoms with Crippen molar-refractivity contribution in [3.63, 3.8) is 0 Å². The minimum atomic E-state index is -0.191. The molecule has 3 nitrogen and oxygen atoms in total. The Labute approximate surface area is 143 Å². The molecule has 3 fully saturated rings. The first-order chi connectivity index (χ1) is 11.6. The first-order valence-electron chi connectivity index (χ1n) is 9.01. The zero-order valence-corrected chi connectivity index (χ0v) is 14.2. The number of fused-ring (bicyclic) bond motifs is 4. The summed E-state index contributed by atoms with van der Waals surface area (Å²) >= 11 is 0. The van der Waals surface area contributed by atoms with E-state index in [4.69, 9.17) is 10.00 Å². The molecule has 2 bridgehead atoms. The second-order valence-corrected chi connectivity index (χ2v) is 7.82. The van der Waals surface area contributed by atoms with Crippen molar-refractivity contribution in [1.82, 2.24) is 0 Å². The van der Waals surface area contributed by atoms with Gasteiger partial charge in [-0.25, -0.2) is 4.79 Å². The number of esters is 1. The molecular weight excluding hydrogens is 298 g/mol. The van der Waals surface area contributed by atoms with Crippen molar-refractivity contribution in [2.45, 2.75) is 51.9 Å². The van der Waals surface area contributed by atoms with E-state index in [1.807, 2.05) is 25.1 Å². The Morgan fingerprint density at radius 2 is 2.00 bits per heavy atom. The summed E-state index contributed by atoms with van der Waals surface area (Å²) in [5.41, 5.74) is 4.62. The third kappa shape index (κ3) is 2.55. The fourth-order valence-electron chi connectivity index (χ4n) is 4.82. The van der Waals surface area contributed by atoms with E-state index in [2.05, 4.69) is 6.07 Å². The Kier molecular flexibility index (Phi) is 3.72. The molecule has 0 saturated heterocycles. The molecule has 0 aliphatic heterocycles. The summed E-state index contributed by atoms with van der Waals surface area (Å²) in [4.78, 5) is 12.7. The predicted molar refractivity (Wildman–Crippen MR) is 92.2 cm³/mol. The Morgan fingerprint density at radius 3 is 2.67 bits per heavy atom. The molecule has 0 heterocycles. The fraction of sp³-hybridized carbons (Fsp3) is 0.524. The van der Waals surface area contributed by atoms with Crippen LogP contribution in [-0.4, -0.2) is 12.6 Å². The summed E-state index contributed by atoms with van der Waals surface area (Å²) in [6, 6.07) is 5.93. The lowest BCUT2D eigenvalue weighted by Crippen LogP contribution is -2.38. The van der Waals surface area contributed by atoms with Gasteiger partial charge in [-0.1, -0.05) is 6.08 Å². The molecule has 124 valence electrons. The lowest BCUT2D eigenvalue weighted by atomic mass is 9.61. The normalized spacial score (nSPS) is 27.3. The zero-order chi connectivity index (χ0) is 16.7. The van der Waals surface area contributed by atoms with E-state index in [0.717, 1.165) is 22.6 Å². The first-order valence-corrected chi connectivity index (χ1v) is 9.01. The molecule has 0 unspecified atom stereocenters. The monoisotopic (exact) mass is 321 g/mol. The average Bonchev–Trinajstić information content (AvgIpc) is 3.06. The summed E-state index contributed by atoms with van der Waals surface area (Å²) in [7, 11) is 0. The molecule has 1 aromatic rings. The van der Waals surface area contributed by atoms with Gasteiger partial charge in [0.25, 0.3) is 0 Å². The molecule has 0 radical (unpaired) electrons. The zero-order valence-electron chi connectivity index (χ0n) is 14.2. The Bertz CT molecular complexity index is 747. The van der Waals surface area contributed by atoms with E-state index in [1.54, 1.807) is 0 Å². The number of carbonyl (C=O) groups excluding carboxylic acids is 1. The fourth-order valence-corrected chi connectivity index (χ4v) is 4.82. The van der Waals surface area contributed by atoms with Gasteiger partial charge in [-0.15, -0.1) is 0 Å². The van der Waals surface area contributed by atoms with Crippen molar-refractivity contribution in [2.75, 3.05) is 6.61 Å². The van der Waals surface area contributed by atoms with Crippen LogP contribution in [0.3, 0.4) is 0 Å². The van der Waals surface area contributed by atoms with Crippen molar-refractivity contribution in [3.05, 3.63) is 40.5 Å². The highest BCUT2D eigenvalue weighted by molar-refractivity contribution is 6.18. The number of aryl methyl sites for hydroxylation is 1. The molecule has 0 N–H and O–H groups in total. The summed E-state index contributed by atoms with van der Waals surface area (Å²) in [5, 5.41) is 9.10. The third-order valence-corrected chi connectivity index (χ3v) is 6.32. The SMILES string of the molecule is Cc1cc(C#N)cc2c1C(C(=O)OCC13CCC(CC1)CC3)=CC2. The van der Waals surface area contributed by atoms with Gasteiger partial charge in [-0.2, -0.15) is 5.26 Å². The molecule has 24 heavy (non-hydrogen) atoms. The summed E-state index contributed by atoms with van der Waals surface area (Å²) in [6.45, 7) is 2.54. The second kappa shape index (κ2) is 5.77. The molecule has 0 atom stereocenters. The van der Waals surface area contributed by atoms with E-state index in [1.165, 1.54) is 38.5 Å². The number of allylic oxidation sites excluding steroid dienone is 1. The highest BCUT2D eigenvalue weighted by atomic mass is 16.5. The van der Waals surface area contributed by atoms with Crippen molar-refractivity contribution < 1.29 is 9.53 Å². The van der Waals surface area contributed by atoms with E-state index < -0.39 is 0 Å². The molecule has 4 aliphatic rings. The number of carbonyl (C=O) groups is 1. The van der Waals surface area contributed by atoms with Crippen LogP contribution >= 0.6 is 0 Å². The molecule has 1 aromatic carbocycles. The number of nitrogens with zero attached hydrogens (tertiary/aromatic N) is 1. The smallest absolute Gasteiger partial charge is 0.338 e. The minimum absolute atomic E-state index is 0.191. The maximum atomic E-state index is 12.7. The predicted octanol–water partition coefficient (Wildman–Crippen LogP) is 4.32. The van der Waals surface area contributed by atoms with E-state index in [0.29, 0.717) is 24.2 Å². The molecule has 0 amide bonds. The molecule has 5 rings (SSSR count). The average molecular weight is 321 g/mol. The van der Waals surface area contributed by atoms with Gasteiger partial charge in [-0.05, 0) is 86.6 Å². The van der Waals surface area contributed by atoms with E-state index >= 15 is 0 Å². The quantitative estimate of drug-likeness (QED) is 0.779. The largest absolute Gasteiger partial charge is 0.461 e. The Balaban J connectivity index is 1.48. The standard InChI is InChI=1S/C21H23NO2/c1-14-10-16(12-22)11-17-2-3-18(19(14)17)20(23)24-13-21-7-4-15(5-8-21)6-9-21/h3,10-11,15H,2,4-9,13H2,1H3. The highest BCUT2D eigenvalue weighted by Gasteiger charge is 2.41. The summed E-state index contributed by atoms with van der Waals surface area (Å²) < 4.78 is 5.78. The van der Waals surface area contributed by atoms with Crippen molar-refractivity contribution in [2.24, 2.45) is 11.3 Å². The molecule has 0 spiro atoms. The maximum absolute atomic E-state index is 12.7. The van der Waals surface area contributed by atoms with E-state index in [-0.39, 0.29) is 11.4 Å². The third-order valence-electron chi connectivity index (χ3n) is 6.32. The lowest BCUT2D eigenvalue weighted by molar-refractivity contribution is -0.142. The van der Waals surface area contributed by atoms with Crippen molar-refractivity contribution in [1.29, 1.82) is 5.26 Å². The van der Waals surface area contributed by atoms with Gasteiger partial charge in [0.2, 0.25) is 0 Å². The van der Waals surface area contributed by atoms with Gasteiger partial charge in [0.05, 0.1) is 23.8 Å². The van der Waals surface area contributed by atoms with Crippen LogP contribution in [0.1, 0.15) is 60.8 Å². The maximum Gasteiger partial charge on any atom is 0.338 e. The van der Waals surface area contributed by atoms with Gasteiger partial charge in [0.1, 0.15) is 0 Å². The van der Waals surface area contributed by atoms with Crippen LogP contribution in [0.2, 0.25) is 0 Å². The van der Waals surface area contributed by atoms with Crippen LogP contribution in [0, 0.1) is 29.6 Å². The van der Waals surface area contributed by atoms with E-state index in [9.17, 15) is 4.79 Å². The van der Waals surface area contributed by atoms with Crippen molar-refractivity contribution in [3.8, 4) is 6.07 Å². The number of rotatable bonds is 3. The van der Waals surface area contributed by atoms with Crippen LogP contribution in [0.15, 0.2) is 18.2 Å². The van der Waals surface area contributed by atoms with Gasteiger partial charge in [-0.3, -0.25) is 0 Å². The minimum Gasteiger partial charge on any atom is -0.461 e. The van der Waals surface area contributed by atoms with Crippen LogP contribution in [0.25, 0.3) is 5.57 Å². The number of hydrogen-bond acceptors (Lipinski definition) is 3. The second-order valence-electron chi connectivity index (χ2n) is 7.82. The van der Waals surface area contributed by atoms with Gasteiger partial charge < -0.3 is 4.74 Å². The topological polar surface area (TPSA) is 50.1 Å². The van der Waals surface area contributed by atoms with Gasteiger partial charge >= 0.3 is 5.97 Å². The van der Waals surface area contributed by atoms with Crippen molar-refractivity contribution >= 4 is 11.5 Å². The lowest BCUT2D eigenvalue weighted by Gasteiger charge is -2.46. The summed E-state index contributed by atoms with van der Waals surface area (Å²) in [6.07, 6.45) is 10.2. The number of hydrogen-bond donors (Lipinski definition) is 0. The van der Waals surface area contributed by atoms with Gasteiger partial charge in [0, 0.05) is 5.41 Å². The number of nitriles is 1. The van der Waals surface area contributed by atoms with Gasteiger partial charge in [0.15, 0.2) is 0 Å². The molecule has 3 saturated carbocycles. The molecule has 0 aromatic heterocycles. The van der Waals surface area contributed by atoms with Crippen LogP contribution in [-0.2, 0) is 16.0 Å².